The summed E-state index contributed by atoms with van der Waals surface area (Å²) < 4.78 is 0. The molecule has 2 aromatic carbocycles. The van der Waals surface area contributed by atoms with Gasteiger partial charge in [0.25, 0.3) is 5.91 Å². The van der Waals surface area contributed by atoms with Gasteiger partial charge < -0.3 is 0 Å². The molecule has 6 heteroatoms. The third kappa shape index (κ3) is 6.28. The summed E-state index contributed by atoms with van der Waals surface area (Å²) >= 11 is 4.26. The molecule has 5 nitrogen and oxygen atoms in total. The number of hydrogen-bond donors (Lipinski definition) is 1. The van der Waals surface area contributed by atoms with Crippen molar-refractivity contribution < 1.29 is 14.4 Å². The van der Waals surface area contributed by atoms with E-state index in [0.29, 0.717) is 6.54 Å². The number of amides is 2. The van der Waals surface area contributed by atoms with Crippen LogP contribution in [0.3, 0.4) is 0 Å². The highest BCUT2D eigenvalue weighted by Gasteiger charge is 2.59. The number of hydroxylamine groups is 1. The lowest BCUT2D eigenvalue weighted by atomic mass is 9.90. The first kappa shape index (κ1) is 25.8. The van der Waals surface area contributed by atoms with Crippen molar-refractivity contribution in [2.24, 2.45) is 5.92 Å². The van der Waals surface area contributed by atoms with E-state index in [9.17, 15) is 9.59 Å². The monoisotopic (exact) mass is 494 g/mol. The topological polar surface area (TPSA) is 49.9 Å². The number of carbonyl (C=O) groups is 2. The molecule has 2 fully saturated rings. The molecular formula is C29H38N2O3S. The van der Waals surface area contributed by atoms with E-state index in [2.05, 4.69) is 12.6 Å². The molecule has 2 heterocycles. The van der Waals surface area contributed by atoms with E-state index in [4.69, 9.17) is 4.84 Å². The maximum atomic E-state index is 13.5. The van der Waals surface area contributed by atoms with Gasteiger partial charge in [0, 0.05) is 6.54 Å². The molecule has 0 saturated carbocycles. The van der Waals surface area contributed by atoms with Gasteiger partial charge in [0.15, 0.2) is 6.10 Å². The van der Waals surface area contributed by atoms with E-state index >= 15 is 0 Å². The van der Waals surface area contributed by atoms with Crippen LogP contribution in [0.2, 0.25) is 0 Å². The van der Waals surface area contributed by atoms with Gasteiger partial charge in [-0.2, -0.15) is 12.6 Å². The summed E-state index contributed by atoms with van der Waals surface area (Å²) in [5, 5.41) is 1.76. The number of carbonyl (C=O) groups excluding carboxylic acids is 2. The summed E-state index contributed by atoms with van der Waals surface area (Å²) in [6, 6.07) is 19.3. The zero-order chi connectivity index (χ0) is 24.5. The van der Waals surface area contributed by atoms with Gasteiger partial charge in [0.05, 0.1) is 11.7 Å². The lowest BCUT2D eigenvalue weighted by molar-refractivity contribution is -0.143. The highest BCUT2D eigenvalue weighted by Crippen LogP contribution is 2.46. The van der Waals surface area contributed by atoms with Crippen LogP contribution in [-0.4, -0.2) is 35.1 Å². The van der Waals surface area contributed by atoms with Gasteiger partial charge >= 0.3 is 0 Å². The second-order valence-electron chi connectivity index (χ2n) is 9.66. The highest BCUT2D eigenvalue weighted by molar-refractivity contribution is 7.80. The quantitative estimate of drug-likeness (QED) is 0.188. The molecule has 2 aliphatic heterocycles. The van der Waals surface area contributed by atoms with E-state index < -0.39 is 12.0 Å². The minimum absolute atomic E-state index is 0.103. The van der Waals surface area contributed by atoms with Gasteiger partial charge in [-0.05, 0) is 36.3 Å². The molecule has 35 heavy (non-hydrogen) atoms. The Morgan fingerprint density at radius 3 is 1.83 bits per heavy atom. The summed E-state index contributed by atoms with van der Waals surface area (Å²) in [6.07, 6.45) is 11.3. The normalized spacial score (nSPS) is 21.7. The number of unbranched alkanes of at least 4 members (excludes halogenated alkanes) is 9. The Labute approximate surface area is 215 Å². The van der Waals surface area contributed by atoms with Crippen LogP contribution in [0.15, 0.2) is 60.7 Å². The van der Waals surface area contributed by atoms with Crippen molar-refractivity contribution in [3.63, 3.8) is 0 Å². The first-order chi connectivity index (χ1) is 17.2. The average molecular weight is 495 g/mol. The number of likely N-dealkylation sites (tertiary alicyclic amines) is 1. The first-order valence-electron chi connectivity index (χ1n) is 13.2. The zero-order valence-corrected chi connectivity index (χ0v) is 21.5. The van der Waals surface area contributed by atoms with Crippen LogP contribution in [0.25, 0.3) is 0 Å². The number of hydrogen-bond acceptors (Lipinski definition) is 5. The van der Waals surface area contributed by atoms with Crippen molar-refractivity contribution in [2.75, 3.05) is 17.4 Å². The maximum Gasteiger partial charge on any atom is 0.261 e. The van der Waals surface area contributed by atoms with Crippen molar-refractivity contribution in [1.82, 2.24) is 4.90 Å². The fourth-order valence-corrected chi connectivity index (χ4v) is 5.50. The number of benzene rings is 2. The molecule has 3 atom stereocenters. The van der Waals surface area contributed by atoms with Gasteiger partial charge in [-0.3, -0.25) is 19.3 Å². The summed E-state index contributed by atoms with van der Waals surface area (Å²) in [5.74, 6) is 0.176. The Hall–Kier alpha value is -2.31. The van der Waals surface area contributed by atoms with Crippen LogP contribution in [0.4, 0.5) is 5.69 Å². The molecule has 0 bridgehead atoms. The molecule has 3 unspecified atom stereocenters. The number of fused-ring (bicyclic) bond motifs is 1. The summed E-state index contributed by atoms with van der Waals surface area (Å²) in [5.41, 5.74) is 1.84. The van der Waals surface area contributed by atoms with Crippen LogP contribution in [0, 0.1) is 5.92 Å². The van der Waals surface area contributed by atoms with E-state index in [0.717, 1.165) is 36.3 Å². The van der Waals surface area contributed by atoms with E-state index in [-0.39, 0.29) is 17.9 Å². The van der Waals surface area contributed by atoms with Crippen molar-refractivity contribution in [2.45, 2.75) is 76.4 Å². The molecule has 2 saturated heterocycles. The van der Waals surface area contributed by atoms with Gasteiger partial charge in [-0.1, -0.05) is 99.9 Å². The molecule has 0 N–H and O–H groups in total. The molecule has 2 aromatic rings. The lowest BCUT2D eigenvalue weighted by Gasteiger charge is -2.28. The van der Waals surface area contributed by atoms with Crippen LogP contribution in [0.1, 0.15) is 75.8 Å². The van der Waals surface area contributed by atoms with Crippen molar-refractivity contribution in [3.05, 3.63) is 66.2 Å². The molecular weight excluding hydrogens is 456 g/mol. The van der Waals surface area contributed by atoms with Gasteiger partial charge in [0.1, 0.15) is 5.92 Å². The molecule has 2 amide bonds. The summed E-state index contributed by atoms with van der Waals surface area (Å²) in [4.78, 5) is 34.3. The summed E-state index contributed by atoms with van der Waals surface area (Å²) in [7, 11) is 0. The molecule has 2 aliphatic rings. The largest absolute Gasteiger partial charge is 0.280 e. The number of nitrogens with zero attached hydrogens (tertiary/aromatic N) is 2. The summed E-state index contributed by atoms with van der Waals surface area (Å²) in [6.45, 7) is 0.491. The minimum Gasteiger partial charge on any atom is -0.280 e. The highest BCUT2D eigenvalue weighted by atomic mass is 32.1. The van der Waals surface area contributed by atoms with E-state index in [1.54, 1.807) is 5.06 Å². The number of para-hydroxylation sites is 1. The number of anilines is 1. The first-order valence-corrected chi connectivity index (χ1v) is 13.9. The Balaban J connectivity index is 1.29. The minimum atomic E-state index is -0.754. The van der Waals surface area contributed by atoms with Crippen molar-refractivity contribution in [1.29, 1.82) is 0 Å². The van der Waals surface area contributed by atoms with Crippen LogP contribution in [0.5, 0.6) is 0 Å². The lowest BCUT2D eigenvalue weighted by Crippen LogP contribution is -2.37. The molecule has 0 spiro atoms. The Kier molecular flexibility index (Phi) is 9.66. The Morgan fingerprint density at radius 1 is 0.686 bits per heavy atom. The number of imide groups is 1. The smallest absolute Gasteiger partial charge is 0.261 e. The average Bonchev–Trinajstić information content (AvgIpc) is 3.40. The van der Waals surface area contributed by atoms with Gasteiger partial charge in [0.2, 0.25) is 5.91 Å². The maximum absolute atomic E-state index is 13.5. The van der Waals surface area contributed by atoms with E-state index in [1.165, 1.54) is 49.8 Å². The van der Waals surface area contributed by atoms with Gasteiger partial charge in [-0.15, -0.1) is 0 Å². The van der Waals surface area contributed by atoms with Crippen LogP contribution in [-0.2, 0) is 14.4 Å². The Bertz CT molecular complexity index is 939. The standard InChI is InChI=1S/C29H38N2O3S/c32-28-25-26(23-17-11-9-12-18-23)31(24-19-13-10-14-20-24)34-27(25)29(33)30(28)21-15-7-5-3-1-2-4-6-8-16-22-35/h9-14,17-20,25-27,35H,1-8,15-16,21-22H2. The van der Waals surface area contributed by atoms with Gasteiger partial charge in [-0.25, -0.2) is 5.06 Å². The number of rotatable bonds is 14. The molecule has 0 aromatic heterocycles. The zero-order valence-electron chi connectivity index (χ0n) is 20.6. The van der Waals surface area contributed by atoms with Crippen LogP contribution >= 0.6 is 12.6 Å². The second-order valence-corrected chi connectivity index (χ2v) is 10.1. The molecule has 188 valence electrons. The second kappa shape index (κ2) is 13.1. The molecule has 4 rings (SSSR count). The van der Waals surface area contributed by atoms with E-state index in [1.807, 2.05) is 60.7 Å². The fourth-order valence-electron chi connectivity index (χ4n) is 5.28. The van der Waals surface area contributed by atoms with Crippen molar-refractivity contribution in [3.8, 4) is 0 Å². The van der Waals surface area contributed by atoms with Crippen LogP contribution < -0.4 is 5.06 Å². The third-order valence-corrected chi connectivity index (χ3v) is 7.46. The number of thiol groups is 1. The Morgan fingerprint density at radius 2 is 1.23 bits per heavy atom. The third-order valence-electron chi connectivity index (χ3n) is 7.15. The van der Waals surface area contributed by atoms with Crippen molar-refractivity contribution >= 4 is 30.1 Å². The fraction of sp³-hybridized carbons (Fsp3) is 0.517. The SMILES string of the molecule is O=C1C2ON(c3ccccc3)C(c3ccccc3)C2C(=O)N1CCCCCCCCCCCCS. The predicted molar refractivity (Wildman–Crippen MR) is 143 cm³/mol. The molecule has 0 aliphatic carbocycles. The molecule has 0 radical (unpaired) electrons. The predicted octanol–water partition coefficient (Wildman–Crippen LogP) is 6.36.